The molecule has 3 rings (SSSR count). The van der Waals surface area contributed by atoms with Gasteiger partial charge >= 0.3 is 5.69 Å². The van der Waals surface area contributed by atoms with Gasteiger partial charge in [-0.15, -0.1) is 5.10 Å². The van der Waals surface area contributed by atoms with Crippen LogP contribution in [0.2, 0.25) is 5.02 Å². The number of nitro groups is 2. The summed E-state index contributed by atoms with van der Waals surface area (Å²) in [4.78, 5) is 21.0. The molecule has 1 aromatic heterocycles. The van der Waals surface area contributed by atoms with E-state index in [1.165, 1.54) is 17.9 Å². The van der Waals surface area contributed by atoms with Crippen molar-refractivity contribution in [2.45, 2.75) is 10.9 Å². The largest absolute Gasteiger partial charge is 0.490 e. The molecule has 3 aromatic rings. The standard InChI is InChI=1S/C15H11ClN6O5S/c1-27-14-9(6-12(21(23)24)7-13(14)22(25)26)8-28-15-17-18-19-20(15)11-4-2-10(16)3-5-11/h2-7H,8H2,1H3. The number of hydrogen-bond acceptors (Lipinski definition) is 9. The fourth-order valence-corrected chi connectivity index (χ4v) is 3.38. The Morgan fingerprint density at radius 1 is 1.18 bits per heavy atom. The number of benzene rings is 2. The highest BCUT2D eigenvalue weighted by Gasteiger charge is 2.25. The molecule has 0 unspecified atom stereocenters. The highest BCUT2D eigenvalue weighted by atomic mass is 35.5. The van der Waals surface area contributed by atoms with E-state index in [0.717, 1.165) is 17.8 Å². The van der Waals surface area contributed by atoms with Crippen LogP contribution in [0.15, 0.2) is 41.6 Å². The molecule has 0 spiro atoms. The van der Waals surface area contributed by atoms with Crippen molar-refractivity contribution in [2.24, 2.45) is 0 Å². The lowest BCUT2D eigenvalue weighted by Gasteiger charge is -2.09. The zero-order valence-electron chi connectivity index (χ0n) is 14.2. The summed E-state index contributed by atoms with van der Waals surface area (Å²) in [5, 5.41) is 34.8. The van der Waals surface area contributed by atoms with E-state index in [0.29, 0.717) is 15.9 Å². The normalized spacial score (nSPS) is 10.6. The van der Waals surface area contributed by atoms with Gasteiger partial charge in [-0.1, -0.05) is 23.4 Å². The predicted molar refractivity (Wildman–Crippen MR) is 100 cm³/mol. The number of thioether (sulfide) groups is 1. The van der Waals surface area contributed by atoms with Crippen molar-refractivity contribution in [1.82, 2.24) is 20.2 Å². The minimum Gasteiger partial charge on any atom is -0.490 e. The zero-order valence-corrected chi connectivity index (χ0v) is 15.8. The van der Waals surface area contributed by atoms with Gasteiger partial charge in [-0.25, -0.2) is 0 Å². The highest BCUT2D eigenvalue weighted by Crippen LogP contribution is 2.38. The lowest BCUT2D eigenvalue weighted by atomic mass is 10.1. The monoisotopic (exact) mass is 422 g/mol. The first-order chi connectivity index (χ1) is 13.4. The third-order valence-corrected chi connectivity index (χ3v) is 4.83. The number of non-ortho nitro benzene ring substituents is 1. The summed E-state index contributed by atoms with van der Waals surface area (Å²) in [6.45, 7) is 0. The van der Waals surface area contributed by atoms with E-state index >= 15 is 0 Å². The Morgan fingerprint density at radius 3 is 2.50 bits per heavy atom. The third-order valence-electron chi connectivity index (χ3n) is 3.61. The van der Waals surface area contributed by atoms with Crippen molar-refractivity contribution in [2.75, 3.05) is 7.11 Å². The summed E-state index contributed by atoms with van der Waals surface area (Å²) in [5.74, 6) is 0.0632. The van der Waals surface area contributed by atoms with Gasteiger partial charge < -0.3 is 4.74 Å². The Morgan fingerprint density at radius 2 is 1.89 bits per heavy atom. The fraction of sp³-hybridized carbons (Fsp3) is 0.133. The minimum atomic E-state index is -0.724. The SMILES string of the molecule is COc1c(CSc2nnnn2-c2ccc(Cl)cc2)cc([N+](=O)[O-])cc1[N+](=O)[O-]. The van der Waals surface area contributed by atoms with E-state index in [4.69, 9.17) is 16.3 Å². The summed E-state index contributed by atoms with van der Waals surface area (Å²) in [5.41, 5.74) is 0.0536. The number of halogens is 1. The van der Waals surface area contributed by atoms with Crippen LogP contribution < -0.4 is 4.74 Å². The smallest absolute Gasteiger partial charge is 0.318 e. The van der Waals surface area contributed by atoms with Crippen LogP contribution in [-0.2, 0) is 5.75 Å². The van der Waals surface area contributed by atoms with E-state index in [-0.39, 0.29) is 17.1 Å². The molecule has 144 valence electrons. The van der Waals surface area contributed by atoms with Gasteiger partial charge in [0.25, 0.3) is 5.69 Å². The van der Waals surface area contributed by atoms with Crippen molar-refractivity contribution >= 4 is 34.7 Å². The van der Waals surface area contributed by atoms with E-state index in [2.05, 4.69) is 15.5 Å². The van der Waals surface area contributed by atoms with Crippen LogP contribution in [-0.4, -0.2) is 37.2 Å². The van der Waals surface area contributed by atoms with Crippen LogP contribution >= 0.6 is 23.4 Å². The van der Waals surface area contributed by atoms with Crippen LogP contribution in [0.25, 0.3) is 5.69 Å². The molecule has 0 amide bonds. The summed E-state index contributed by atoms with van der Waals surface area (Å²) in [6.07, 6.45) is 0. The van der Waals surface area contributed by atoms with Crippen LogP contribution in [0.5, 0.6) is 5.75 Å². The maximum Gasteiger partial charge on any atom is 0.318 e. The number of aromatic nitrogens is 4. The minimum absolute atomic E-state index is 0.0476. The molecule has 0 fully saturated rings. The average molecular weight is 423 g/mol. The lowest BCUT2D eigenvalue weighted by molar-refractivity contribution is -0.394. The van der Waals surface area contributed by atoms with Gasteiger partial charge in [0.2, 0.25) is 10.9 Å². The van der Waals surface area contributed by atoms with Crippen molar-refractivity contribution in [3.8, 4) is 11.4 Å². The Hall–Kier alpha value is -3.25. The van der Waals surface area contributed by atoms with E-state index in [1.807, 2.05) is 0 Å². The first kappa shape index (κ1) is 19.5. The maximum absolute atomic E-state index is 11.3. The predicted octanol–water partition coefficient (Wildman–Crippen LogP) is 3.43. The Balaban J connectivity index is 1.93. The second kappa shape index (κ2) is 8.19. The molecule has 2 aromatic carbocycles. The highest BCUT2D eigenvalue weighted by molar-refractivity contribution is 7.98. The molecule has 0 aliphatic heterocycles. The third kappa shape index (κ3) is 4.02. The van der Waals surface area contributed by atoms with Gasteiger partial charge in [-0.2, -0.15) is 4.68 Å². The Labute approximate surface area is 166 Å². The van der Waals surface area contributed by atoms with Crippen molar-refractivity contribution in [1.29, 1.82) is 0 Å². The molecule has 28 heavy (non-hydrogen) atoms. The van der Waals surface area contributed by atoms with Crippen LogP contribution in [0.1, 0.15) is 5.56 Å². The quantitative estimate of drug-likeness (QED) is 0.318. The van der Waals surface area contributed by atoms with Crippen molar-refractivity contribution < 1.29 is 14.6 Å². The molecule has 11 nitrogen and oxygen atoms in total. The van der Waals surface area contributed by atoms with Gasteiger partial charge in [-0.05, 0) is 34.7 Å². The molecule has 13 heteroatoms. The van der Waals surface area contributed by atoms with Gasteiger partial charge in [0.1, 0.15) is 0 Å². The second-order valence-electron chi connectivity index (χ2n) is 5.31. The maximum atomic E-state index is 11.3. The first-order valence-electron chi connectivity index (χ1n) is 7.57. The average Bonchev–Trinajstić information content (AvgIpc) is 3.14. The van der Waals surface area contributed by atoms with E-state index in [1.54, 1.807) is 24.3 Å². The summed E-state index contributed by atoms with van der Waals surface area (Å²) in [7, 11) is 1.26. The molecule has 1 heterocycles. The molecule has 0 aliphatic rings. The first-order valence-corrected chi connectivity index (χ1v) is 8.94. The topological polar surface area (TPSA) is 139 Å². The number of rotatable bonds is 7. The van der Waals surface area contributed by atoms with Crippen LogP contribution in [0.4, 0.5) is 11.4 Å². The number of tetrazole rings is 1. The molecule has 0 saturated carbocycles. The van der Waals surface area contributed by atoms with Crippen molar-refractivity contribution in [3.05, 3.63) is 67.2 Å². The molecule has 0 atom stereocenters. The molecule has 0 bridgehead atoms. The molecule has 0 N–H and O–H groups in total. The van der Waals surface area contributed by atoms with Gasteiger partial charge in [0.15, 0.2) is 0 Å². The Kier molecular flexibility index (Phi) is 5.70. The molecular weight excluding hydrogens is 412 g/mol. The van der Waals surface area contributed by atoms with Gasteiger partial charge in [-0.3, -0.25) is 20.2 Å². The van der Waals surface area contributed by atoms with E-state index in [9.17, 15) is 20.2 Å². The van der Waals surface area contributed by atoms with Gasteiger partial charge in [0.05, 0.1) is 28.7 Å². The summed E-state index contributed by atoms with van der Waals surface area (Å²) < 4.78 is 6.58. The summed E-state index contributed by atoms with van der Waals surface area (Å²) in [6, 6.07) is 8.91. The van der Waals surface area contributed by atoms with Gasteiger partial charge in [0, 0.05) is 22.4 Å². The van der Waals surface area contributed by atoms with E-state index < -0.39 is 21.2 Å². The number of hydrogen-bond donors (Lipinski definition) is 0. The van der Waals surface area contributed by atoms with Crippen LogP contribution in [0.3, 0.4) is 0 Å². The molecule has 0 saturated heterocycles. The number of ether oxygens (including phenoxy) is 1. The molecule has 0 radical (unpaired) electrons. The summed E-state index contributed by atoms with van der Waals surface area (Å²) >= 11 is 7.02. The number of nitro benzene ring substituents is 2. The molecular formula is C15H11ClN6O5S. The lowest BCUT2D eigenvalue weighted by Crippen LogP contribution is -2.02. The zero-order chi connectivity index (χ0) is 20.3. The van der Waals surface area contributed by atoms with Crippen LogP contribution in [0, 0.1) is 20.2 Å². The fourth-order valence-electron chi connectivity index (χ4n) is 2.40. The molecule has 0 aliphatic carbocycles. The second-order valence-corrected chi connectivity index (χ2v) is 6.69. The van der Waals surface area contributed by atoms with Crippen molar-refractivity contribution in [3.63, 3.8) is 0 Å². The Bertz CT molecular complexity index is 1040. The number of methoxy groups -OCH3 is 1. The number of nitrogens with zero attached hydrogens (tertiary/aromatic N) is 6.